The van der Waals surface area contributed by atoms with E-state index in [0.717, 1.165) is 29.8 Å². The van der Waals surface area contributed by atoms with Crippen LogP contribution in [0.3, 0.4) is 0 Å². The van der Waals surface area contributed by atoms with Gasteiger partial charge in [-0.05, 0) is 68.2 Å². The Kier molecular flexibility index (Phi) is 6.20. The first-order valence-electron chi connectivity index (χ1n) is 7.73. The Balaban J connectivity index is 1.71. The Hall–Kier alpha value is -0.240. The van der Waals surface area contributed by atoms with Crippen LogP contribution in [0.4, 0.5) is 0 Å². The Morgan fingerprint density at radius 3 is 2.45 bits per heavy atom. The molecule has 1 saturated carbocycles. The minimum Gasteiger partial charge on any atom is -0.314 e. The van der Waals surface area contributed by atoms with Crippen LogP contribution in [0.2, 0.25) is 10.0 Å². The molecule has 1 aromatic carbocycles. The highest BCUT2D eigenvalue weighted by Gasteiger charge is 2.22. The number of halogens is 2. The second-order valence-corrected chi connectivity index (χ2v) is 7.14. The number of hydrogen-bond donors (Lipinski definition) is 1. The van der Waals surface area contributed by atoms with E-state index in [1.165, 1.54) is 31.2 Å². The van der Waals surface area contributed by atoms with Crippen molar-refractivity contribution in [1.29, 1.82) is 0 Å². The topological polar surface area (TPSA) is 12.0 Å². The largest absolute Gasteiger partial charge is 0.314 e. The van der Waals surface area contributed by atoms with Crippen LogP contribution < -0.4 is 5.32 Å². The summed E-state index contributed by atoms with van der Waals surface area (Å²) in [5, 5.41) is 5.17. The second-order valence-electron chi connectivity index (χ2n) is 6.30. The number of hydrogen-bond acceptors (Lipinski definition) is 1. The van der Waals surface area contributed by atoms with Crippen molar-refractivity contribution in [2.24, 2.45) is 11.8 Å². The average molecular weight is 314 g/mol. The normalized spacial score (nSPS) is 23.2. The summed E-state index contributed by atoms with van der Waals surface area (Å²) in [6, 6.07) is 6.46. The van der Waals surface area contributed by atoms with Crippen LogP contribution in [-0.4, -0.2) is 12.6 Å². The molecular weight excluding hydrogens is 289 g/mol. The average Bonchev–Trinajstić information content (AvgIpc) is 2.42. The molecular formula is C17H25Cl2N. The summed E-state index contributed by atoms with van der Waals surface area (Å²) in [7, 11) is 0. The van der Waals surface area contributed by atoms with Crippen LogP contribution in [0.5, 0.6) is 0 Å². The van der Waals surface area contributed by atoms with Crippen molar-refractivity contribution in [2.45, 2.75) is 52.0 Å². The van der Waals surface area contributed by atoms with Crippen LogP contribution >= 0.6 is 23.2 Å². The Morgan fingerprint density at radius 2 is 1.85 bits per heavy atom. The highest BCUT2D eigenvalue weighted by molar-refractivity contribution is 6.35. The van der Waals surface area contributed by atoms with Gasteiger partial charge >= 0.3 is 0 Å². The lowest BCUT2D eigenvalue weighted by Crippen LogP contribution is -2.35. The zero-order valence-corrected chi connectivity index (χ0v) is 14.0. The predicted octanol–water partition coefficient (Wildman–Crippen LogP) is 5.34. The molecule has 0 radical (unpaired) electrons. The van der Waals surface area contributed by atoms with Crippen LogP contribution in [0, 0.1) is 11.8 Å². The SMILES string of the molecule is CC(C)C1CCC(NCCc2ccc(Cl)cc2Cl)CC1. The van der Waals surface area contributed by atoms with E-state index in [-0.39, 0.29) is 0 Å². The van der Waals surface area contributed by atoms with Crippen molar-refractivity contribution in [1.82, 2.24) is 5.32 Å². The standard InChI is InChI=1S/C17H25Cl2N/c1-12(2)13-4-7-16(8-5-13)20-10-9-14-3-6-15(18)11-17(14)19/h3,6,11-13,16,20H,4-5,7-10H2,1-2H3. The molecule has 1 N–H and O–H groups in total. The molecule has 0 aliphatic heterocycles. The Morgan fingerprint density at radius 1 is 1.15 bits per heavy atom. The fourth-order valence-corrected chi connectivity index (χ4v) is 3.63. The molecule has 1 aromatic rings. The zero-order chi connectivity index (χ0) is 14.5. The van der Waals surface area contributed by atoms with E-state index in [9.17, 15) is 0 Å². The molecule has 0 bridgehead atoms. The van der Waals surface area contributed by atoms with Crippen LogP contribution in [-0.2, 0) is 6.42 Å². The molecule has 0 spiro atoms. The minimum atomic E-state index is 0.691. The maximum atomic E-state index is 6.19. The Bertz CT molecular complexity index is 423. The van der Waals surface area contributed by atoms with E-state index in [0.29, 0.717) is 11.1 Å². The number of nitrogens with one attached hydrogen (secondary N) is 1. The summed E-state index contributed by atoms with van der Waals surface area (Å²) in [4.78, 5) is 0. The quantitative estimate of drug-likeness (QED) is 0.773. The second kappa shape index (κ2) is 7.68. The number of benzene rings is 1. The molecule has 1 nitrogen and oxygen atoms in total. The van der Waals surface area contributed by atoms with E-state index in [1.54, 1.807) is 0 Å². The maximum absolute atomic E-state index is 6.19. The molecule has 0 heterocycles. The van der Waals surface area contributed by atoms with Gasteiger partial charge in [-0.3, -0.25) is 0 Å². The highest BCUT2D eigenvalue weighted by Crippen LogP contribution is 2.29. The first-order chi connectivity index (χ1) is 9.56. The Labute approximate surface area is 133 Å². The molecule has 1 aliphatic carbocycles. The fourth-order valence-electron chi connectivity index (χ4n) is 3.13. The van der Waals surface area contributed by atoms with Gasteiger partial charge in [-0.2, -0.15) is 0 Å². The monoisotopic (exact) mass is 313 g/mol. The van der Waals surface area contributed by atoms with E-state index in [1.807, 2.05) is 18.2 Å². The summed E-state index contributed by atoms with van der Waals surface area (Å²) in [5.41, 5.74) is 1.18. The van der Waals surface area contributed by atoms with Crippen molar-refractivity contribution in [2.75, 3.05) is 6.54 Å². The van der Waals surface area contributed by atoms with Gasteiger partial charge in [0.2, 0.25) is 0 Å². The van der Waals surface area contributed by atoms with Gasteiger partial charge in [0.15, 0.2) is 0 Å². The molecule has 2 rings (SSSR count). The lowest BCUT2D eigenvalue weighted by Gasteiger charge is -2.31. The summed E-state index contributed by atoms with van der Waals surface area (Å²) in [5.74, 6) is 1.77. The number of rotatable bonds is 5. The van der Waals surface area contributed by atoms with Gasteiger partial charge in [0, 0.05) is 16.1 Å². The smallest absolute Gasteiger partial charge is 0.0453 e. The molecule has 3 heteroatoms. The molecule has 0 aromatic heterocycles. The molecule has 0 saturated heterocycles. The third-order valence-electron chi connectivity index (χ3n) is 4.56. The van der Waals surface area contributed by atoms with Gasteiger partial charge < -0.3 is 5.32 Å². The first-order valence-corrected chi connectivity index (χ1v) is 8.49. The predicted molar refractivity (Wildman–Crippen MR) is 88.8 cm³/mol. The summed E-state index contributed by atoms with van der Waals surface area (Å²) < 4.78 is 0. The fraction of sp³-hybridized carbons (Fsp3) is 0.647. The van der Waals surface area contributed by atoms with Gasteiger partial charge in [-0.15, -0.1) is 0 Å². The lowest BCUT2D eigenvalue weighted by molar-refractivity contribution is 0.239. The summed E-state index contributed by atoms with van der Waals surface area (Å²) >= 11 is 12.1. The molecule has 0 amide bonds. The van der Waals surface area contributed by atoms with Crippen molar-refractivity contribution in [3.8, 4) is 0 Å². The molecule has 0 atom stereocenters. The van der Waals surface area contributed by atoms with Crippen LogP contribution in [0.1, 0.15) is 45.1 Å². The zero-order valence-electron chi connectivity index (χ0n) is 12.5. The van der Waals surface area contributed by atoms with Crippen molar-refractivity contribution in [3.05, 3.63) is 33.8 Å². The van der Waals surface area contributed by atoms with E-state index in [2.05, 4.69) is 19.2 Å². The highest BCUT2D eigenvalue weighted by atomic mass is 35.5. The molecule has 20 heavy (non-hydrogen) atoms. The summed E-state index contributed by atoms with van der Waals surface area (Å²) in [6.45, 7) is 5.69. The van der Waals surface area contributed by atoms with Gasteiger partial charge in [-0.25, -0.2) is 0 Å². The van der Waals surface area contributed by atoms with Gasteiger partial charge in [0.05, 0.1) is 0 Å². The van der Waals surface area contributed by atoms with E-state index < -0.39 is 0 Å². The lowest BCUT2D eigenvalue weighted by atomic mass is 9.80. The molecule has 0 unspecified atom stereocenters. The van der Waals surface area contributed by atoms with Crippen LogP contribution in [0.15, 0.2) is 18.2 Å². The maximum Gasteiger partial charge on any atom is 0.0453 e. The summed E-state index contributed by atoms with van der Waals surface area (Å²) in [6.07, 6.45) is 6.35. The third kappa shape index (κ3) is 4.65. The minimum absolute atomic E-state index is 0.691. The van der Waals surface area contributed by atoms with Crippen molar-refractivity contribution in [3.63, 3.8) is 0 Å². The van der Waals surface area contributed by atoms with Crippen molar-refractivity contribution < 1.29 is 0 Å². The molecule has 112 valence electrons. The molecule has 1 aliphatic rings. The van der Waals surface area contributed by atoms with Gasteiger partial charge in [0.25, 0.3) is 0 Å². The first kappa shape index (κ1) is 16.1. The van der Waals surface area contributed by atoms with Crippen molar-refractivity contribution >= 4 is 23.2 Å². The molecule has 1 fully saturated rings. The van der Waals surface area contributed by atoms with E-state index >= 15 is 0 Å². The van der Waals surface area contributed by atoms with Gasteiger partial charge in [-0.1, -0.05) is 43.1 Å². The van der Waals surface area contributed by atoms with Gasteiger partial charge in [0.1, 0.15) is 0 Å². The third-order valence-corrected chi connectivity index (χ3v) is 5.14. The van der Waals surface area contributed by atoms with E-state index in [4.69, 9.17) is 23.2 Å². The van der Waals surface area contributed by atoms with Crippen LogP contribution in [0.25, 0.3) is 0 Å².